The van der Waals surface area contributed by atoms with Crippen LogP contribution < -0.4 is 5.69 Å². The van der Waals surface area contributed by atoms with Crippen LogP contribution in [-0.4, -0.2) is 38.7 Å². The number of amides is 1. The molecule has 1 unspecified atom stereocenters. The fourth-order valence-corrected chi connectivity index (χ4v) is 3.26. The molecule has 1 aliphatic rings. The molecule has 1 aromatic heterocycles. The predicted molar refractivity (Wildman–Crippen MR) is 87.4 cm³/mol. The minimum Gasteiger partial charge on any atom is -0.336 e. The van der Waals surface area contributed by atoms with Crippen molar-refractivity contribution in [3.8, 4) is 0 Å². The summed E-state index contributed by atoms with van der Waals surface area (Å²) in [5.41, 5.74) is 1.03. The number of likely N-dealkylation sites (tertiary alicyclic amines) is 1. The highest BCUT2D eigenvalue weighted by atomic mass is 16.2. The normalized spacial score (nSPS) is 21.9. The number of aryl methyl sites for hydroxylation is 1. The number of rotatable bonds is 2. The number of H-pyrrole nitrogens is 1. The van der Waals surface area contributed by atoms with Gasteiger partial charge in [0.15, 0.2) is 0 Å². The van der Waals surface area contributed by atoms with E-state index in [1.54, 1.807) is 4.90 Å². The second kappa shape index (κ2) is 6.02. The van der Waals surface area contributed by atoms with Gasteiger partial charge in [0.1, 0.15) is 0 Å². The number of carbonyl (C=O) groups is 1. The molecule has 6 nitrogen and oxygen atoms in total. The van der Waals surface area contributed by atoms with E-state index >= 15 is 0 Å². The first-order valence-electron chi connectivity index (χ1n) is 7.98. The van der Waals surface area contributed by atoms with E-state index in [0.717, 1.165) is 23.9 Å². The van der Waals surface area contributed by atoms with Crippen LogP contribution in [0, 0.1) is 0 Å². The maximum atomic E-state index is 12.5. The van der Waals surface area contributed by atoms with Crippen LogP contribution in [0.15, 0.2) is 35.1 Å². The molecule has 2 heterocycles. The van der Waals surface area contributed by atoms with Gasteiger partial charge in [-0.25, -0.2) is 9.48 Å². The standard InChI is InChI=1S/C17H22N4O2/c1-17(13-7-4-3-5-8-13)9-6-11-21(12-10-17)15(22)14-18-16(23)20(2)19-14/h3-5,7-8H,6,9-12H2,1-2H3,(H,18,19,23). The first kappa shape index (κ1) is 15.5. The second-order valence-electron chi connectivity index (χ2n) is 6.47. The highest BCUT2D eigenvalue weighted by molar-refractivity contribution is 5.90. The van der Waals surface area contributed by atoms with Crippen molar-refractivity contribution in [2.45, 2.75) is 31.6 Å². The number of hydrogen-bond acceptors (Lipinski definition) is 3. The van der Waals surface area contributed by atoms with Crippen molar-refractivity contribution >= 4 is 5.91 Å². The number of aromatic nitrogens is 3. The van der Waals surface area contributed by atoms with Crippen LogP contribution in [-0.2, 0) is 12.5 Å². The van der Waals surface area contributed by atoms with Crippen molar-refractivity contribution in [3.63, 3.8) is 0 Å². The molecule has 0 saturated carbocycles. The van der Waals surface area contributed by atoms with E-state index in [4.69, 9.17) is 0 Å². The fraction of sp³-hybridized carbons (Fsp3) is 0.471. The van der Waals surface area contributed by atoms with Crippen molar-refractivity contribution in [2.24, 2.45) is 7.05 Å². The Bertz CT molecular complexity index is 749. The van der Waals surface area contributed by atoms with Crippen molar-refractivity contribution < 1.29 is 4.79 Å². The molecule has 23 heavy (non-hydrogen) atoms. The van der Waals surface area contributed by atoms with E-state index in [1.807, 2.05) is 6.07 Å². The average Bonchev–Trinajstić information content (AvgIpc) is 2.78. The van der Waals surface area contributed by atoms with E-state index in [0.29, 0.717) is 13.1 Å². The third-order valence-electron chi connectivity index (χ3n) is 4.82. The summed E-state index contributed by atoms with van der Waals surface area (Å²) >= 11 is 0. The van der Waals surface area contributed by atoms with Gasteiger partial charge in [0.05, 0.1) is 0 Å². The molecule has 1 fully saturated rings. The van der Waals surface area contributed by atoms with Gasteiger partial charge in [-0.05, 0) is 30.2 Å². The van der Waals surface area contributed by atoms with Crippen molar-refractivity contribution in [2.75, 3.05) is 13.1 Å². The maximum absolute atomic E-state index is 12.5. The zero-order valence-electron chi connectivity index (χ0n) is 13.6. The average molecular weight is 314 g/mol. The van der Waals surface area contributed by atoms with Crippen LogP contribution in [0.2, 0.25) is 0 Å². The zero-order valence-corrected chi connectivity index (χ0v) is 13.6. The third kappa shape index (κ3) is 3.06. The largest absolute Gasteiger partial charge is 0.343 e. The summed E-state index contributed by atoms with van der Waals surface area (Å²) < 4.78 is 1.15. The smallest absolute Gasteiger partial charge is 0.336 e. The van der Waals surface area contributed by atoms with E-state index in [2.05, 4.69) is 41.3 Å². The van der Waals surface area contributed by atoms with Gasteiger partial charge >= 0.3 is 5.69 Å². The molecular formula is C17H22N4O2. The maximum Gasteiger partial charge on any atom is 0.343 e. The van der Waals surface area contributed by atoms with Gasteiger partial charge in [0.2, 0.25) is 5.82 Å². The highest BCUT2D eigenvalue weighted by Gasteiger charge is 2.31. The van der Waals surface area contributed by atoms with Crippen LogP contribution in [0.1, 0.15) is 42.4 Å². The monoisotopic (exact) mass is 314 g/mol. The SMILES string of the molecule is Cn1nc(C(=O)N2CCCC(C)(c3ccccc3)CC2)[nH]c1=O. The molecule has 1 atom stereocenters. The Morgan fingerprint density at radius 2 is 1.96 bits per heavy atom. The Hall–Kier alpha value is -2.37. The van der Waals surface area contributed by atoms with Crippen molar-refractivity contribution in [1.29, 1.82) is 0 Å². The number of hydrogen-bond donors (Lipinski definition) is 1. The van der Waals surface area contributed by atoms with Gasteiger partial charge < -0.3 is 4.90 Å². The highest BCUT2D eigenvalue weighted by Crippen LogP contribution is 2.34. The summed E-state index contributed by atoms with van der Waals surface area (Å²) in [5, 5.41) is 3.97. The molecule has 0 aliphatic carbocycles. The van der Waals surface area contributed by atoms with E-state index in [9.17, 15) is 9.59 Å². The molecule has 0 spiro atoms. The lowest BCUT2D eigenvalue weighted by molar-refractivity contribution is 0.0747. The lowest BCUT2D eigenvalue weighted by Crippen LogP contribution is -2.34. The molecule has 122 valence electrons. The predicted octanol–water partition coefficient (Wildman–Crippen LogP) is 1.69. The lowest BCUT2D eigenvalue weighted by Gasteiger charge is -2.29. The molecule has 1 saturated heterocycles. The van der Waals surface area contributed by atoms with Gasteiger partial charge in [-0.15, -0.1) is 5.10 Å². The number of carbonyl (C=O) groups excluding carboxylic acids is 1. The van der Waals surface area contributed by atoms with Crippen LogP contribution in [0.4, 0.5) is 0 Å². The minimum absolute atomic E-state index is 0.0772. The quantitative estimate of drug-likeness (QED) is 0.917. The number of aromatic amines is 1. The van der Waals surface area contributed by atoms with Crippen LogP contribution in [0.25, 0.3) is 0 Å². The lowest BCUT2D eigenvalue weighted by atomic mass is 9.76. The van der Waals surface area contributed by atoms with E-state index < -0.39 is 0 Å². The van der Waals surface area contributed by atoms with E-state index in [-0.39, 0.29) is 22.8 Å². The van der Waals surface area contributed by atoms with Gasteiger partial charge in [-0.2, -0.15) is 0 Å². The molecule has 1 aromatic carbocycles. The fourth-order valence-electron chi connectivity index (χ4n) is 3.26. The Labute approximate surface area is 135 Å². The summed E-state index contributed by atoms with van der Waals surface area (Å²) in [4.78, 5) is 28.3. The molecule has 6 heteroatoms. The van der Waals surface area contributed by atoms with Crippen molar-refractivity contribution in [1.82, 2.24) is 19.7 Å². The Balaban J connectivity index is 1.76. The molecule has 2 aromatic rings. The first-order chi connectivity index (χ1) is 11.0. The number of nitrogens with one attached hydrogen (secondary N) is 1. The minimum atomic E-state index is -0.364. The zero-order chi connectivity index (χ0) is 16.4. The second-order valence-corrected chi connectivity index (χ2v) is 6.47. The summed E-state index contributed by atoms with van der Waals surface area (Å²) in [6.45, 7) is 3.63. The summed E-state index contributed by atoms with van der Waals surface area (Å²) in [6.07, 6.45) is 2.88. The van der Waals surface area contributed by atoms with Gasteiger partial charge in [-0.3, -0.25) is 9.78 Å². The molecule has 0 radical (unpaired) electrons. The molecule has 0 bridgehead atoms. The van der Waals surface area contributed by atoms with Gasteiger partial charge in [0.25, 0.3) is 5.91 Å². The molecule has 1 amide bonds. The Kier molecular flexibility index (Phi) is 4.07. The Morgan fingerprint density at radius 1 is 1.22 bits per heavy atom. The number of benzene rings is 1. The summed E-state index contributed by atoms with van der Waals surface area (Å²) in [7, 11) is 1.53. The Morgan fingerprint density at radius 3 is 2.61 bits per heavy atom. The number of nitrogens with zero attached hydrogens (tertiary/aromatic N) is 3. The van der Waals surface area contributed by atoms with Crippen LogP contribution in [0.3, 0.4) is 0 Å². The summed E-state index contributed by atoms with van der Waals surface area (Å²) in [5.74, 6) is -0.0687. The molecular weight excluding hydrogens is 292 g/mol. The van der Waals surface area contributed by atoms with Gasteiger partial charge in [-0.1, -0.05) is 37.3 Å². The molecule has 3 rings (SSSR count). The van der Waals surface area contributed by atoms with Gasteiger partial charge in [0, 0.05) is 20.1 Å². The summed E-state index contributed by atoms with van der Waals surface area (Å²) in [6, 6.07) is 10.5. The van der Waals surface area contributed by atoms with Crippen LogP contribution >= 0.6 is 0 Å². The van der Waals surface area contributed by atoms with Crippen LogP contribution in [0.5, 0.6) is 0 Å². The van der Waals surface area contributed by atoms with Crippen molar-refractivity contribution in [3.05, 3.63) is 52.2 Å². The first-order valence-corrected chi connectivity index (χ1v) is 7.98. The molecule has 1 N–H and O–H groups in total. The van der Waals surface area contributed by atoms with E-state index in [1.165, 1.54) is 12.6 Å². The topological polar surface area (TPSA) is 71.0 Å². The molecule has 1 aliphatic heterocycles. The third-order valence-corrected chi connectivity index (χ3v) is 4.82.